The van der Waals surface area contributed by atoms with Crippen LogP contribution in [-0.2, 0) is 20.9 Å². The van der Waals surface area contributed by atoms with Gasteiger partial charge in [0.25, 0.3) is 17.7 Å². The molecule has 2 aromatic heterocycles. The van der Waals surface area contributed by atoms with E-state index >= 15 is 0 Å². The van der Waals surface area contributed by atoms with Crippen LogP contribution in [0.2, 0.25) is 0 Å². The Bertz CT molecular complexity index is 1590. The van der Waals surface area contributed by atoms with Gasteiger partial charge in [0.2, 0.25) is 0 Å². The molecule has 0 saturated heterocycles. The van der Waals surface area contributed by atoms with Gasteiger partial charge in [0.1, 0.15) is 17.1 Å². The maximum atomic E-state index is 14.5. The molecule has 2 bridgehead atoms. The maximum absolute atomic E-state index is 14.5. The molecule has 12 nitrogen and oxygen atoms in total. The lowest BCUT2D eigenvalue weighted by Gasteiger charge is -2.51. The SMILES string of the molecule is COC(=O)C12CCC(CNC(=O)c3cc(C(=O)NCc4ccc5c(c4)N(C)C(=O)CO5)nc4c(F)cnn34)(CC1)CC2. The number of hydrogen-bond acceptors (Lipinski definition) is 8. The van der Waals surface area contributed by atoms with E-state index in [2.05, 4.69) is 20.7 Å². The number of methoxy groups -OCH3 is 1. The second-order valence-electron chi connectivity index (χ2n) is 11.4. The minimum atomic E-state index is -0.765. The van der Waals surface area contributed by atoms with Crippen LogP contribution in [0.25, 0.3) is 5.65 Å². The van der Waals surface area contributed by atoms with Gasteiger partial charge >= 0.3 is 5.97 Å². The van der Waals surface area contributed by atoms with Crippen LogP contribution in [0, 0.1) is 16.6 Å². The highest BCUT2D eigenvalue weighted by molar-refractivity contribution is 5.99. The largest absolute Gasteiger partial charge is 0.482 e. The van der Waals surface area contributed by atoms with Gasteiger partial charge in [-0.1, -0.05) is 6.07 Å². The maximum Gasteiger partial charge on any atom is 0.311 e. The molecule has 3 saturated carbocycles. The van der Waals surface area contributed by atoms with Crippen molar-refractivity contribution in [2.24, 2.45) is 10.8 Å². The summed E-state index contributed by atoms with van der Waals surface area (Å²) in [5.74, 6) is -1.66. The quantitative estimate of drug-likeness (QED) is 0.407. The van der Waals surface area contributed by atoms with Crippen molar-refractivity contribution < 1.29 is 33.0 Å². The molecule has 3 aromatic rings. The van der Waals surface area contributed by atoms with Crippen molar-refractivity contribution in [1.29, 1.82) is 0 Å². The molecular formula is C29H31FN6O6. The van der Waals surface area contributed by atoms with Crippen LogP contribution in [0.4, 0.5) is 10.1 Å². The Morgan fingerprint density at radius 3 is 2.52 bits per heavy atom. The van der Waals surface area contributed by atoms with Crippen LogP contribution >= 0.6 is 0 Å². The van der Waals surface area contributed by atoms with E-state index in [1.165, 1.54) is 18.1 Å². The van der Waals surface area contributed by atoms with Gasteiger partial charge in [-0.2, -0.15) is 5.10 Å². The zero-order valence-electron chi connectivity index (χ0n) is 23.4. The van der Waals surface area contributed by atoms with Crippen molar-refractivity contribution in [3.8, 4) is 5.75 Å². The monoisotopic (exact) mass is 578 g/mol. The van der Waals surface area contributed by atoms with Crippen molar-refractivity contribution >= 4 is 35.0 Å². The highest BCUT2D eigenvalue weighted by atomic mass is 19.1. The lowest BCUT2D eigenvalue weighted by atomic mass is 9.53. The van der Waals surface area contributed by atoms with Crippen molar-refractivity contribution in [2.45, 2.75) is 45.1 Å². The molecule has 42 heavy (non-hydrogen) atoms. The molecule has 2 N–H and O–H groups in total. The summed E-state index contributed by atoms with van der Waals surface area (Å²) >= 11 is 0. The number of benzene rings is 1. The summed E-state index contributed by atoms with van der Waals surface area (Å²) in [7, 11) is 3.07. The summed E-state index contributed by atoms with van der Waals surface area (Å²) in [5.41, 5.74) is 0.333. The number of esters is 1. The molecule has 3 fully saturated rings. The van der Waals surface area contributed by atoms with Gasteiger partial charge in [0.05, 0.1) is 24.4 Å². The van der Waals surface area contributed by atoms with Crippen molar-refractivity contribution in [2.75, 3.05) is 32.2 Å². The highest BCUT2D eigenvalue weighted by Crippen LogP contribution is 2.57. The van der Waals surface area contributed by atoms with Crippen LogP contribution in [0.3, 0.4) is 0 Å². The fourth-order valence-corrected chi connectivity index (χ4v) is 6.32. The zero-order valence-corrected chi connectivity index (χ0v) is 23.4. The Kier molecular flexibility index (Phi) is 6.82. The molecule has 13 heteroatoms. The van der Waals surface area contributed by atoms with E-state index in [0.717, 1.165) is 30.0 Å². The Morgan fingerprint density at radius 1 is 1.07 bits per heavy atom. The first-order valence-corrected chi connectivity index (χ1v) is 13.9. The zero-order chi connectivity index (χ0) is 29.6. The number of amides is 3. The Morgan fingerprint density at radius 2 is 1.81 bits per heavy atom. The molecule has 1 aromatic carbocycles. The molecule has 0 radical (unpaired) electrons. The molecule has 1 aliphatic heterocycles. The van der Waals surface area contributed by atoms with E-state index in [9.17, 15) is 23.6 Å². The van der Waals surface area contributed by atoms with Crippen molar-refractivity contribution in [1.82, 2.24) is 25.2 Å². The molecule has 3 heterocycles. The van der Waals surface area contributed by atoms with Gasteiger partial charge in [-0.15, -0.1) is 0 Å². The molecule has 3 aliphatic carbocycles. The minimum Gasteiger partial charge on any atom is -0.482 e. The van der Waals surface area contributed by atoms with Gasteiger partial charge in [-0.25, -0.2) is 13.9 Å². The number of hydrogen-bond donors (Lipinski definition) is 2. The van der Waals surface area contributed by atoms with E-state index in [1.807, 2.05) is 0 Å². The predicted octanol–water partition coefficient (Wildman–Crippen LogP) is 2.40. The van der Waals surface area contributed by atoms with Crippen LogP contribution < -0.4 is 20.3 Å². The first-order chi connectivity index (χ1) is 20.1. The molecule has 4 aliphatic rings. The summed E-state index contributed by atoms with van der Waals surface area (Å²) in [6.07, 6.45) is 5.46. The third-order valence-corrected chi connectivity index (χ3v) is 9.10. The van der Waals surface area contributed by atoms with E-state index in [1.54, 1.807) is 25.2 Å². The minimum absolute atomic E-state index is 0.0213. The average molecular weight is 579 g/mol. The molecule has 0 atom stereocenters. The summed E-state index contributed by atoms with van der Waals surface area (Å²) in [4.78, 5) is 56.4. The lowest BCUT2D eigenvalue weighted by Crippen LogP contribution is -2.50. The smallest absolute Gasteiger partial charge is 0.311 e. The number of nitrogens with one attached hydrogen (secondary N) is 2. The topological polar surface area (TPSA) is 144 Å². The molecule has 0 spiro atoms. The number of carbonyl (C=O) groups excluding carboxylic acids is 4. The van der Waals surface area contributed by atoms with Crippen molar-refractivity contribution in [3.63, 3.8) is 0 Å². The van der Waals surface area contributed by atoms with Gasteiger partial charge in [0.15, 0.2) is 18.1 Å². The first kappa shape index (κ1) is 27.6. The number of anilines is 1. The standard InChI is InChI=1S/C29H31FN6O6/c1-35-20-11-17(3-4-22(20)42-15-23(35)37)13-31-25(38)19-12-21(36-24(34-19)18(30)14-33-36)26(39)32-16-28-5-8-29(9-6-28,10-7-28)27(40)41-2/h3-4,11-12,14H,5-10,13,15-16H2,1-2H3,(H,31,38)(H,32,39). The fraction of sp³-hybridized carbons (Fsp3) is 0.448. The molecule has 0 unspecified atom stereocenters. The predicted molar refractivity (Wildman–Crippen MR) is 146 cm³/mol. The number of rotatable bonds is 7. The third-order valence-electron chi connectivity index (χ3n) is 9.10. The number of aromatic nitrogens is 3. The van der Waals surface area contributed by atoms with Crippen LogP contribution in [0.1, 0.15) is 65.1 Å². The summed E-state index contributed by atoms with van der Waals surface area (Å²) in [5, 5.41) is 9.66. The van der Waals surface area contributed by atoms with Gasteiger partial charge in [-0.05, 0) is 61.6 Å². The number of likely N-dealkylation sites (N-methyl/N-ethyl adjacent to an activating group) is 1. The normalized spacial score (nSPS) is 22.8. The first-order valence-electron chi connectivity index (χ1n) is 13.9. The van der Waals surface area contributed by atoms with Crippen LogP contribution in [-0.4, -0.2) is 65.6 Å². The highest BCUT2D eigenvalue weighted by Gasteiger charge is 2.53. The second kappa shape index (κ2) is 10.4. The van der Waals surface area contributed by atoms with Gasteiger partial charge in [0, 0.05) is 26.2 Å². The number of carbonyl (C=O) groups is 4. The number of nitrogens with zero attached hydrogens (tertiary/aromatic N) is 4. The van der Waals surface area contributed by atoms with E-state index in [4.69, 9.17) is 9.47 Å². The third kappa shape index (κ3) is 4.72. The van der Waals surface area contributed by atoms with E-state index in [0.29, 0.717) is 42.8 Å². The Balaban J connectivity index is 1.16. The molecule has 220 valence electrons. The molecule has 3 amide bonds. The van der Waals surface area contributed by atoms with Gasteiger partial charge in [-0.3, -0.25) is 19.2 Å². The van der Waals surface area contributed by atoms with Crippen molar-refractivity contribution in [3.05, 3.63) is 53.2 Å². The summed E-state index contributed by atoms with van der Waals surface area (Å²) < 4.78 is 26.1. The number of ether oxygens (including phenoxy) is 2. The van der Waals surface area contributed by atoms with Crippen LogP contribution in [0.5, 0.6) is 5.75 Å². The molecular weight excluding hydrogens is 547 g/mol. The summed E-state index contributed by atoms with van der Waals surface area (Å²) in [6.45, 7) is 0.447. The number of fused-ring (bicyclic) bond motifs is 5. The average Bonchev–Trinajstić information content (AvgIpc) is 3.40. The Labute approximate surface area is 240 Å². The molecule has 7 rings (SSSR count). The van der Waals surface area contributed by atoms with Crippen LogP contribution in [0.15, 0.2) is 30.5 Å². The van der Waals surface area contributed by atoms with E-state index < -0.39 is 23.0 Å². The fourth-order valence-electron chi connectivity index (χ4n) is 6.32. The lowest BCUT2D eigenvalue weighted by molar-refractivity contribution is -0.162. The van der Waals surface area contributed by atoms with Gasteiger partial charge < -0.3 is 25.0 Å². The summed E-state index contributed by atoms with van der Waals surface area (Å²) in [6, 6.07) is 6.52. The number of halogens is 1. The Hall–Kier alpha value is -4.55. The van der Waals surface area contributed by atoms with E-state index in [-0.39, 0.29) is 47.5 Å². The second-order valence-corrected chi connectivity index (χ2v) is 11.4.